The van der Waals surface area contributed by atoms with E-state index in [1.54, 1.807) is 0 Å². The highest BCUT2D eigenvalue weighted by atomic mass is 14.2. The van der Waals surface area contributed by atoms with Crippen molar-refractivity contribution in [3.8, 4) is 0 Å². The van der Waals surface area contributed by atoms with Crippen LogP contribution in [0.3, 0.4) is 0 Å². The second-order valence-electron chi connectivity index (χ2n) is 4.19. The summed E-state index contributed by atoms with van der Waals surface area (Å²) in [5.74, 6) is 0. The van der Waals surface area contributed by atoms with Crippen LogP contribution in [0.4, 0.5) is 0 Å². The summed E-state index contributed by atoms with van der Waals surface area (Å²) < 4.78 is 0. The zero-order chi connectivity index (χ0) is 12.8. The van der Waals surface area contributed by atoms with E-state index in [-0.39, 0.29) is 5.41 Å². The molecule has 0 aliphatic heterocycles. The minimum Gasteiger partial charge on any atom is -0.0683 e. The Kier molecular flexibility index (Phi) is 6.10. The number of rotatable bonds is 0. The van der Waals surface area contributed by atoms with Crippen molar-refractivity contribution >= 4 is 12.2 Å². The van der Waals surface area contributed by atoms with Crippen LogP contribution in [-0.2, 0) is 0 Å². The molecule has 2 rings (SSSR count). The first-order valence-corrected chi connectivity index (χ1v) is 6.40. The molecule has 1 aliphatic rings. The van der Waals surface area contributed by atoms with Crippen molar-refractivity contribution < 1.29 is 0 Å². The molecule has 0 saturated heterocycles. The number of benzene rings is 1. The third-order valence-electron chi connectivity index (χ3n) is 2.40. The molecule has 0 N–H and O–H groups in total. The maximum Gasteiger partial charge on any atom is 0.00229 e. The minimum atomic E-state index is 0.244. The van der Waals surface area contributed by atoms with E-state index in [0.717, 1.165) is 0 Å². The van der Waals surface area contributed by atoms with Crippen LogP contribution in [0.5, 0.6) is 0 Å². The Bertz CT molecular complexity index is 422. The summed E-state index contributed by atoms with van der Waals surface area (Å²) in [7, 11) is 0. The Hall–Kier alpha value is -1.04. The fourth-order valence-corrected chi connectivity index (χ4v) is 1.84. The minimum absolute atomic E-state index is 0.244. The van der Waals surface area contributed by atoms with Gasteiger partial charge in [-0.05, 0) is 22.9 Å². The first-order chi connectivity index (χ1) is 7.58. The van der Waals surface area contributed by atoms with Crippen molar-refractivity contribution in [2.45, 2.75) is 48.5 Å². The van der Waals surface area contributed by atoms with Gasteiger partial charge in [0.1, 0.15) is 0 Å². The van der Waals surface area contributed by atoms with Gasteiger partial charge in [0.2, 0.25) is 0 Å². The maximum absolute atomic E-state index is 2.34. The predicted octanol–water partition coefficient (Wildman–Crippen LogP) is 3.65. The van der Waals surface area contributed by atoms with Crippen molar-refractivity contribution in [2.75, 3.05) is 0 Å². The quantitative estimate of drug-likeness (QED) is 0.623. The first-order valence-electron chi connectivity index (χ1n) is 6.40. The van der Waals surface area contributed by atoms with Gasteiger partial charge < -0.3 is 0 Å². The van der Waals surface area contributed by atoms with Gasteiger partial charge in [0.05, 0.1) is 0 Å². The molecule has 0 bridgehead atoms. The van der Waals surface area contributed by atoms with E-state index in [2.05, 4.69) is 51.1 Å². The van der Waals surface area contributed by atoms with E-state index >= 15 is 0 Å². The van der Waals surface area contributed by atoms with Crippen LogP contribution in [0.2, 0.25) is 0 Å². The lowest BCUT2D eigenvalue weighted by atomic mass is 9.96. The highest BCUT2D eigenvalue weighted by Gasteiger charge is 2.14. The van der Waals surface area contributed by atoms with Gasteiger partial charge >= 0.3 is 0 Å². The molecular formula is C16H26. The Balaban J connectivity index is 0.000000509. The molecule has 0 heteroatoms. The molecule has 1 aromatic carbocycles. The van der Waals surface area contributed by atoms with Crippen molar-refractivity contribution in [2.24, 2.45) is 5.41 Å². The average Bonchev–Trinajstić information content (AvgIpc) is 2.60. The fraction of sp³-hybridized carbons (Fsp3) is 0.500. The second kappa shape index (κ2) is 6.52. The standard InChI is InChI=1S/C12H14.2C2H6/c1-9-5-4-6-10-7-12(2,3)8-11(9)10;2*1-2/h4-8H,1-3H3;2*1-2H3. The molecule has 0 atom stereocenters. The smallest absolute Gasteiger partial charge is 0.00229 e. The SMILES string of the molecule is CC.CC.Cc1cccc2c1=CC(C)(C)C=2. The van der Waals surface area contributed by atoms with Gasteiger partial charge in [0.25, 0.3) is 0 Å². The van der Waals surface area contributed by atoms with Crippen LogP contribution in [-0.4, -0.2) is 0 Å². The number of hydrogen-bond acceptors (Lipinski definition) is 0. The highest BCUT2D eigenvalue weighted by molar-refractivity contribution is 5.56. The van der Waals surface area contributed by atoms with Crippen molar-refractivity contribution in [3.63, 3.8) is 0 Å². The Labute approximate surface area is 101 Å². The summed E-state index contributed by atoms with van der Waals surface area (Å²) in [4.78, 5) is 0. The molecule has 0 spiro atoms. The summed E-state index contributed by atoms with van der Waals surface area (Å²) in [5, 5.41) is 2.81. The monoisotopic (exact) mass is 218 g/mol. The third kappa shape index (κ3) is 3.52. The van der Waals surface area contributed by atoms with Crippen LogP contribution in [0.1, 0.15) is 47.1 Å². The van der Waals surface area contributed by atoms with Gasteiger partial charge in [0, 0.05) is 5.41 Å². The lowest BCUT2D eigenvalue weighted by Crippen LogP contribution is -2.23. The molecule has 0 amide bonds. The predicted molar refractivity (Wildman–Crippen MR) is 75.8 cm³/mol. The van der Waals surface area contributed by atoms with Gasteiger partial charge in [-0.3, -0.25) is 0 Å². The lowest BCUT2D eigenvalue weighted by molar-refractivity contribution is 0.724. The Morgan fingerprint density at radius 1 is 0.875 bits per heavy atom. The van der Waals surface area contributed by atoms with E-state index in [4.69, 9.17) is 0 Å². The van der Waals surface area contributed by atoms with Crippen molar-refractivity contribution in [1.29, 1.82) is 0 Å². The van der Waals surface area contributed by atoms with Crippen LogP contribution in [0.15, 0.2) is 18.2 Å². The molecule has 0 fully saturated rings. The van der Waals surface area contributed by atoms with Crippen LogP contribution in [0.25, 0.3) is 12.2 Å². The van der Waals surface area contributed by atoms with Crippen LogP contribution < -0.4 is 10.4 Å². The van der Waals surface area contributed by atoms with E-state index in [9.17, 15) is 0 Å². The number of hydrogen-bond donors (Lipinski definition) is 0. The zero-order valence-corrected chi connectivity index (χ0v) is 11.9. The number of aryl methyl sites for hydroxylation is 1. The first kappa shape index (κ1) is 15.0. The van der Waals surface area contributed by atoms with E-state index < -0.39 is 0 Å². The fourth-order valence-electron chi connectivity index (χ4n) is 1.84. The summed E-state index contributed by atoms with van der Waals surface area (Å²) >= 11 is 0. The largest absolute Gasteiger partial charge is 0.0683 e. The molecule has 90 valence electrons. The highest BCUT2D eigenvalue weighted by Crippen LogP contribution is 2.20. The van der Waals surface area contributed by atoms with Crippen molar-refractivity contribution in [3.05, 3.63) is 34.2 Å². The number of fused-ring (bicyclic) bond motifs is 1. The Morgan fingerprint density at radius 2 is 1.44 bits per heavy atom. The zero-order valence-electron chi connectivity index (χ0n) is 11.9. The normalized spacial score (nSPS) is 14.2. The summed E-state index contributed by atoms with van der Waals surface area (Å²) in [6, 6.07) is 6.48. The van der Waals surface area contributed by atoms with E-state index in [1.807, 2.05) is 27.7 Å². The van der Waals surface area contributed by atoms with E-state index in [1.165, 1.54) is 16.0 Å². The maximum atomic E-state index is 2.34. The topological polar surface area (TPSA) is 0 Å². The molecular weight excluding hydrogens is 192 g/mol. The van der Waals surface area contributed by atoms with Crippen LogP contribution >= 0.6 is 0 Å². The molecule has 0 radical (unpaired) electrons. The van der Waals surface area contributed by atoms with Gasteiger partial charge in [-0.2, -0.15) is 0 Å². The summed E-state index contributed by atoms with van der Waals surface area (Å²) in [6.45, 7) is 14.7. The molecule has 0 saturated carbocycles. The summed E-state index contributed by atoms with van der Waals surface area (Å²) in [6.07, 6.45) is 4.67. The van der Waals surface area contributed by atoms with Crippen LogP contribution in [0, 0.1) is 12.3 Å². The lowest BCUT2D eigenvalue weighted by Gasteiger charge is -2.08. The molecule has 0 aromatic heterocycles. The molecule has 1 aliphatic carbocycles. The molecule has 0 unspecified atom stereocenters. The average molecular weight is 218 g/mol. The molecule has 0 nitrogen and oxygen atoms in total. The molecule has 16 heavy (non-hydrogen) atoms. The summed E-state index contributed by atoms with van der Waals surface area (Å²) in [5.41, 5.74) is 1.63. The van der Waals surface area contributed by atoms with E-state index in [0.29, 0.717) is 0 Å². The third-order valence-corrected chi connectivity index (χ3v) is 2.40. The molecule has 1 aromatic rings. The van der Waals surface area contributed by atoms with Gasteiger partial charge in [-0.15, -0.1) is 0 Å². The molecule has 0 heterocycles. The van der Waals surface area contributed by atoms with Gasteiger partial charge in [-0.1, -0.05) is 71.9 Å². The van der Waals surface area contributed by atoms with Crippen molar-refractivity contribution in [1.82, 2.24) is 0 Å². The Morgan fingerprint density at radius 3 is 1.94 bits per heavy atom. The second-order valence-corrected chi connectivity index (χ2v) is 4.19. The van der Waals surface area contributed by atoms with Gasteiger partial charge in [0.15, 0.2) is 0 Å². The van der Waals surface area contributed by atoms with Gasteiger partial charge in [-0.25, -0.2) is 0 Å².